The zero-order valence-electron chi connectivity index (χ0n) is 22.4. The van der Waals surface area contributed by atoms with Gasteiger partial charge in [0.2, 0.25) is 5.88 Å². The van der Waals surface area contributed by atoms with Crippen LogP contribution in [0.5, 0.6) is 11.6 Å². The van der Waals surface area contributed by atoms with Crippen LogP contribution in [0.25, 0.3) is 16.9 Å². The van der Waals surface area contributed by atoms with Gasteiger partial charge in [-0.1, -0.05) is 0 Å². The van der Waals surface area contributed by atoms with Gasteiger partial charge in [-0.25, -0.2) is 15.0 Å². The minimum atomic E-state index is 0.187. The molecule has 0 spiro atoms. The van der Waals surface area contributed by atoms with Crippen molar-refractivity contribution in [1.29, 1.82) is 0 Å². The summed E-state index contributed by atoms with van der Waals surface area (Å²) in [5.41, 5.74) is 5.82. The quantitative estimate of drug-likeness (QED) is 0.402. The van der Waals surface area contributed by atoms with Gasteiger partial charge in [-0.3, -0.25) is 4.90 Å². The number of methoxy groups -OCH3 is 1. The molecule has 6 heterocycles. The van der Waals surface area contributed by atoms with Crippen LogP contribution in [-0.2, 0) is 11.2 Å². The lowest BCUT2D eigenvalue weighted by molar-refractivity contribution is -0.131. The summed E-state index contributed by atoms with van der Waals surface area (Å²) in [4.78, 5) is 19.0. The van der Waals surface area contributed by atoms with Gasteiger partial charge in [0.05, 0.1) is 43.9 Å². The molecule has 10 heteroatoms. The van der Waals surface area contributed by atoms with Crippen LogP contribution < -0.4 is 19.7 Å². The summed E-state index contributed by atoms with van der Waals surface area (Å²) in [6.07, 6.45) is 9.49. The summed E-state index contributed by atoms with van der Waals surface area (Å²) in [5, 5.41) is 3.49. The molecule has 3 aromatic heterocycles. The second kappa shape index (κ2) is 9.69. The van der Waals surface area contributed by atoms with Crippen LogP contribution >= 0.6 is 0 Å². The number of hydrogen-bond donors (Lipinski definition) is 1. The first-order chi connectivity index (χ1) is 19.1. The Hall–Kier alpha value is -3.89. The van der Waals surface area contributed by atoms with Crippen molar-refractivity contribution < 1.29 is 14.2 Å². The van der Waals surface area contributed by atoms with Gasteiger partial charge in [0.15, 0.2) is 11.5 Å². The Kier molecular flexibility index (Phi) is 6.01. The number of fused-ring (bicyclic) bond motifs is 2. The van der Waals surface area contributed by atoms with E-state index in [4.69, 9.17) is 19.2 Å². The van der Waals surface area contributed by atoms with E-state index in [-0.39, 0.29) is 5.54 Å². The van der Waals surface area contributed by atoms with E-state index in [0.29, 0.717) is 5.82 Å². The molecular weight excluding hydrogens is 494 g/mol. The van der Waals surface area contributed by atoms with Gasteiger partial charge in [0.1, 0.15) is 5.75 Å². The highest BCUT2D eigenvalue weighted by Crippen LogP contribution is 2.35. The van der Waals surface area contributed by atoms with E-state index in [1.165, 1.54) is 0 Å². The fraction of sp³-hybridized carbons (Fsp3) is 0.414. The Morgan fingerprint density at radius 1 is 1.08 bits per heavy atom. The third-order valence-corrected chi connectivity index (χ3v) is 8.08. The van der Waals surface area contributed by atoms with Crippen LogP contribution in [-0.4, -0.2) is 82.9 Å². The maximum Gasteiger partial charge on any atom is 0.216 e. The molecule has 7 rings (SSSR count). The van der Waals surface area contributed by atoms with Crippen LogP contribution in [0.3, 0.4) is 0 Å². The van der Waals surface area contributed by atoms with Gasteiger partial charge in [0, 0.05) is 73.8 Å². The summed E-state index contributed by atoms with van der Waals surface area (Å²) >= 11 is 0. The average molecular weight is 528 g/mol. The van der Waals surface area contributed by atoms with E-state index in [0.717, 1.165) is 104 Å². The second-order valence-corrected chi connectivity index (χ2v) is 10.7. The molecule has 3 aliphatic heterocycles. The topological polar surface area (TPSA) is 89.3 Å². The summed E-state index contributed by atoms with van der Waals surface area (Å²) in [5.74, 6) is 2.24. The van der Waals surface area contributed by atoms with Gasteiger partial charge < -0.3 is 28.8 Å². The molecule has 0 bridgehead atoms. The van der Waals surface area contributed by atoms with Gasteiger partial charge >= 0.3 is 0 Å². The monoisotopic (exact) mass is 527 g/mol. The van der Waals surface area contributed by atoms with Crippen LogP contribution in [0.2, 0.25) is 0 Å². The number of nitrogens with zero attached hydrogens (tertiary/aromatic N) is 6. The Labute approximate surface area is 227 Å². The number of pyridine rings is 1. The van der Waals surface area contributed by atoms with Crippen molar-refractivity contribution >= 4 is 22.8 Å². The fourth-order valence-electron chi connectivity index (χ4n) is 5.75. The smallest absolute Gasteiger partial charge is 0.216 e. The van der Waals surface area contributed by atoms with Crippen LogP contribution in [0.15, 0.2) is 49.1 Å². The second-order valence-electron chi connectivity index (χ2n) is 10.7. The lowest BCUT2D eigenvalue weighted by Crippen LogP contribution is -2.64. The van der Waals surface area contributed by atoms with E-state index < -0.39 is 0 Å². The number of ether oxygens (including phenoxy) is 3. The van der Waals surface area contributed by atoms with Crippen molar-refractivity contribution in [3.05, 3.63) is 54.6 Å². The summed E-state index contributed by atoms with van der Waals surface area (Å²) in [6.45, 7) is 8.61. The fourth-order valence-corrected chi connectivity index (χ4v) is 5.75. The number of anilines is 3. The van der Waals surface area contributed by atoms with Crippen LogP contribution in [0.1, 0.15) is 18.9 Å². The number of imidazole rings is 1. The predicted octanol–water partition coefficient (Wildman–Crippen LogP) is 3.78. The van der Waals surface area contributed by atoms with Crippen molar-refractivity contribution in [2.75, 3.05) is 63.3 Å². The molecule has 3 aliphatic rings. The van der Waals surface area contributed by atoms with E-state index in [1.54, 1.807) is 13.3 Å². The third kappa shape index (κ3) is 4.43. The van der Waals surface area contributed by atoms with Crippen molar-refractivity contribution in [1.82, 2.24) is 24.3 Å². The first kappa shape index (κ1) is 24.2. The lowest BCUT2D eigenvalue weighted by atomic mass is 9.97. The Bertz CT molecular complexity index is 1510. The largest absolute Gasteiger partial charge is 0.495 e. The van der Waals surface area contributed by atoms with Crippen molar-refractivity contribution in [3.8, 4) is 22.9 Å². The molecule has 10 nitrogen and oxygen atoms in total. The molecule has 0 amide bonds. The van der Waals surface area contributed by atoms with Crippen LogP contribution in [0, 0.1) is 0 Å². The van der Waals surface area contributed by atoms with Gasteiger partial charge in [0.25, 0.3) is 0 Å². The molecule has 4 aromatic rings. The minimum absolute atomic E-state index is 0.187. The van der Waals surface area contributed by atoms with Gasteiger partial charge in [-0.05, 0) is 38.0 Å². The van der Waals surface area contributed by atoms with Crippen molar-refractivity contribution in [3.63, 3.8) is 0 Å². The predicted molar refractivity (Wildman–Crippen MR) is 149 cm³/mol. The molecule has 0 saturated carbocycles. The molecule has 2 saturated heterocycles. The van der Waals surface area contributed by atoms with Crippen LogP contribution in [0.4, 0.5) is 17.2 Å². The third-order valence-electron chi connectivity index (χ3n) is 8.08. The average Bonchev–Trinajstić information content (AvgIpc) is 3.45. The highest BCUT2D eigenvalue weighted by atomic mass is 16.5. The molecule has 0 radical (unpaired) electrons. The van der Waals surface area contributed by atoms with E-state index >= 15 is 0 Å². The first-order valence-electron chi connectivity index (χ1n) is 13.6. The number of aromatic nitrogens is 4. The van der Waals surface area contributed by atoms with Crippen molar-refractivity contribution in [2.24, 2.45) is 0 Å². The molecular formula is C29H33N7O3. The molecule has 202 valence electrons. The zero-order valence-corrected chi connectivity index (χ0v) is 22.4. The number of rotatable bonds is 6. The SMILES string of the molecule is COc1cc(Nc2nc(-c3cnc4c(c3)CCCO4)cn3ccnc23)ccc1N1CCN(C2(C)COC2)CC1. The normalized spacial score (nSPS) is 18.8. The first-order valence-corrected chi connectivity index (χ1v) is 13.6. The van der Waals surface area contributed by atoms with Gasteiger partial charge in [-0.2, -0.15) is 0 Å². The highest BCUT2D eigenvalue weighted by molar-refractivity contribution is 5.76. The summed E-state index contributed by atoms with van der Waals surface area (Å²) < 4.78 is 19.0. The minimum Gasteiger partial charge on any atom is -0.495 e. The molecule has 0 atom stereocenters. The van der Waals surface area contributed by atoms with E-state index in [1.807, 2.05) is 29.1 Å². The Morgan fingerprint density at radius 3 is 2.74 bits per heavy atom. The van der Waals surface area contributed by atoms with Gasteiger partial charge in [-0.15, -0.1) is 0 Å². The van der Waals surface area contributed by atoms with Crippen molar-refractivity contribution in [2.45, 2.75) is 25.3 Å². The summed E-state index contributed by atoms with van der Waals surface area (Å²) in [7, 11) is 1.73. The Morgan fingerprint density at radius 2 is 1.95 bits per heavy atom. The van der Waals surface area contributed by atoms with E-state index in [9.17, 15) is 0 Å². The lowest BCUT2D eigenvalue weighted by Gasteiger charge is -2.50. The number of benzene rings is 1. The number of piperazine rings is 1. The standard InChI is InChI=1S/C29H33N7O3/c1-29(18-38-19-29)36-11-9-34(10-12-36)24-6-5-22(15-25(24)37-2)32-26-27-30-7-8-35(27)17-23(33-26)21-14-20-4-3-13-39-28(20)31-16-21/h5-8,14-17H,3-4,9-13,18-19H2,1-2H3,(H,32,33). The molecule has 0 aliphatic carbocycles. The number of hydrogen-bond acceptors (Lipinski definition) is 9. The molecule has 1 aromatic carbocycles. The highest BCUT2D eigenvalue weighted by Gasteiger charge is 2.40. The molecule has 0 unspecified atom stereocenters. The Balaban J connectivity index is 1.14. The number of nitrogens with one attached hydrogen (secondary N) is 1. The molecule has 2 fully saturated rings. The maximum absolute atomic E-state index is 5.85. The molecule has 39 heavy (non-hydrogen) atoms. The van der Waals surface area contributed by atoms with E-state index in [2.05, 4.69) is 50.2 Å². The maximum atomic E-state index is 5.85. The molecule has 1 N–H and O–H groups in total. The number of aryl methyl sites for hydroxylation is 1. The summed E-state index contributed by atoms with van der Waals surface area (Å²) in [6, 6.07) is 8.38. The zero-order chi connectivity index (χ0) is 26.4.